The van der Waals surface area contributed by atoms with E-state index in [-0.39, 0.29) is 5.41 Å². The SMILES string of the molecule is CC1(C)CN(CN2CCN(c3ccccc3)CC2)c2nnc(-c3cnccn3)n2C1. The Bertz CT molecular complexity index is 977. The van der Waals surface area contributed by atoms with Crippen LogP contribution in [0, 0.1) is 5.41 Å². The molecule has 8 heteroatoms. The molecule has 0 bridgehead atoms. The first-order valence-corrected chi connectivity index (χ1v) is 10.6. The molecule has 0 amide bonds. The molecule has 0 unspecified atom stereocenters. The number of anilines is 2. The molecule has 1 aromatic carbocycles. The van der Waals surface area contributed by atoms with Gasteiger partial charge in [-0.2, -0.15) is 0 Å². The monoisotopic (exact) mass is 404 g/mol. The number of nitrogens with zero attached hydrogens (tertiary/aromatic N) is 8. The number of piperazine rings is 1. The smallest absolute Gasteiger partial charge is 0.228 e. The fraction of sp³-hybridized carbons (Fsp3) is 0.455. The maximum atomic E-state index is 4.54. The van der Waals surface area contributed by atoms with Crippen molar-refractivity contribution in [1.82, 2.24) is 29.6 Å². The van der Waals surface area contributed by atoms with Gasteiger partial charge in [-0.1, -0.05) is 32.0 Å². The molecule has 1 saturated heterocycles. The maximum absolute atomic E-state index is 4.54. The molecule has 0 N–H and O–H groups in total. The minimum Gasteiger partial charge on any atom is -0.369 e. The van der Waals surface area contributed by atoms with E-state index >= 15 is 0 Å². The summed E-state index contributed by atoms with van der Waals surface area (Å²) in [6.45, 7) is 11.5. The molecule has 0 spiro atoms. The number of rotatable bonds is 4. The first-order valence-electron chi connectivity index (χ1n) is 10.6. The van der Waals surface area contributed by atoms with E-state index < -0.39 is 0 Å². The lowest BCUT2D eigenvalue weighted by Gasteiger charge is -2.43. The van der Waals surface area contributed by atoms with Gasteiger partial charge in [0.25, 0.3) is 0 Å². The molecule has 2 aliphatic heterocycles. The van der Waals surface area contributed by atoms with Gasteiger partial charge in [0.1, 0.15) is 5.69 Å². The molecule has 8 nitrogen and oxygen atoms in total. The van der Waals surface area contributed by atoms with Crippen LogP contribution in [0.1, 0.15) is 13.8 Å². The highest BCUT2D eigenvalue weighted by Crippen LogP contribution is 2.33. The molecule has 1 fully saturated rings. The fourth-order valence-corrected chi connectivity index (χ4v) is 4.48. The molecule has 0 aliphatic carbocycles. The van der Waals surface area contributed by atoms with Gasteiger partial charge in [-0.15, -0.1) is 10.2 Å². The van der Waals surface area contributed by atoms with Gasteiger partial charge in [0, 0.05) is 62.8 Å². The number of benzene rings is 1. The normalized spacial score (nSPS) is 19.0. The molecular formula is C22H28N8. The lowest BCUT2D eigenvalue weighted by molar-refractivity contribution is 0.218. The lowest BCUT2D eigenvalue weighted by Crippen LogP contribution is -2.53. The van der Waals surface area contributed by atoms with Crippen molar-refractivity contribution < 1.29 is 0 Å². The van der Waals surface area contributed by atoms with Gasteiger partial charge < -0.3 is 9.80 Å². The Morgan fingerprint density at radius 2 is 1.73 bits per heavy atom. The molecule has 5 rings (SSSR count). The molecule has 0 saturated carbocycles. The minimum absolute atomic E-state index is 0.123. The van der Waals surface area contributed by atoms with E-state index in [0.29, 0.717) is 0 Å². The molecule has 2 aliphatic rings. The van der Waals surface area contributed by atoms with E-state index in [9.17, 15) is 0 Å². The Morgan fingerprint density at radius 3 is 2.47 bits per heavy atom. The van der Waals surface area contributed by atoms with Gasteiger partial charge in [-0.3, -0.25) is 14.5 Å². The van der Waals surface area contributed by atoms with E-state index in [0.717, 1.165) is 63.4 Å². The summed E-state index contributed by atoms with van der Waals surface area (Å²) in [5, 5.41) is 9.01. The van der Waals surface area contributed by atoms with Crippen molar-refractivity contribution in [3.63, 3.8) is 0 Å². The Balaban J connectivity index is 1.32. The Kier molecular flexibility index (Phi) is 4.86. The van der Waals surface area contributed by atoms with Crippen LogP contribution in [0.15, 0.2) is 48.9 Å². The average molecular weight is 405 g/mol. The zero-order chi connectivity index (χ0) is 20.6. The van der Waals surface area contributed by atoms with Gasteiger partial charge in [0.2, 0.25) is 5.95 Å². The second kappa shape index (κ2) is 7.68. The number of hydrogen-bond acceptors (Lipinski definition) is 7. The van der Waals surface area contributed by atoms with Gasteiger partial charge >= 0.3 is 0 Å². The summed E-state index contributed by atoms with van der Waals surface area (Å²) in [6.07, 6.45) is 5.14. The number of hydrogen-bond donors (Lipinski definition) is 0. The van der Waals surface area contributed by atoms with Crippen molar-refractivity contribution in [2.24, 2.45) is 5.41 Å². The highest BCUT2D eigenvalue weighted by atomic mass is 15.5. The van der Waals surface area contributed by atoms with Crippen LogP contribution < -0.4 is 9.80 Å². The van der Waals surface area contributed by atoms with Crippen molar-refractivity contribution in [2.75, 3.05) is 49.2 Å². The summed E-state index contributed by atoms with van der Waals surface area (Å²) < 4.78 is 2.20. The van der Waals surface area contributed by atoms with Crippen LogP contribution in [0.2, 0.25) is 0 Å². The Hall–Kier alpha value is -3.00. The topological polar surface area (TPSA) is 66.2 Å². The standard InChI is InChI=1S/C22H28N8/c1-22(2)15-29(17-27-10-12-28(13-11-27)18-6-4-3-5-7-18)21-26-25-20(30(21)16-22)19-14-23-8-9-24-19/h3-9,14H,10-13,15-17H2,1-2H3. The van der Waals surface area contributed by atoms with Crippen molar-refractivity contribution in [1.29, 1.82) is 0 Å². The third-order valence-corrected chi connectivity index (χ3v) is 5.88. The largest absolute Gasteiger partial charge is 0.369 e. The Morgan fingerprint density at radius 1 is 0.933 bits per heavy atom. The van der Waals surface area contributed by atoms with Gasteiger partial charge in [0.15, 0.2) is 5.82 Å². The number of para-hydroxylation sites is 1. The lowest BCUT2D eigenvalue weighted by atomic mass is 9.91. The summed E-state index contributed by atoms with van der Waals surface area (Å²) in [5.74, 6) is 1.73. The second-order valence-electron chi connectivity index (χ2n) is 8.94. The number of fused-ring (bicyclic) bond motifs is 1. The highest BCUT2D eigenvalue weighted by molar-refractivity contribution is 5.52. The van der Waals surface area contributed by atoms with Crippen LogP contribution in [0.25, 0.3) is 11.5 Å². The van der Waals surface area contributed by atoms with Gasteiger partial charge in [-0.25, -0.2) is 4.98 Å². The predicted octanol–water partition coefficient (Wildman–Crippen LogP) is 2.36. The van der Waals surface area contributed by atoms with Gasteiger partial charge in [-0.05, 0) is 12.1 Å². The molecule has 3 aromatic rings. The maximum Gasteiger partial charge on any atom is 0.228 e. The summed E-state index contributed by atoms with van der Waals surface area (Å²) in [7, 11) is 0. The first kappa shape index (κ1) is 19.0. The number of aromatic nitrogens is 5. The summed E-state index contributed by atoms with van der Waals surface area (Å²) in [4.78, 5) is 16.0. The van der Waals surface area contributed by atoms with Crippen LogP contribution in [0.3, 0.4) is 0 Å². The summed E-state index contributed by atoms with van der Waals surface area (Å²) in [6, 6.07) is 10.7. The third kappa shape index (κ3) is 3.75. The van der Waals surface area contributed by atoms with E-state index in [1.54, 1.807) is 18.6 Å². The molecule has 30 heavy (non-hydrogen) atoms. The van der Waals surface area contributed by atoms with Crippen LogP contribution >= 0.6 is 0 Å². The van der Waals surface area contributed by atoms with E-state index in [1.165, 1.54) is 5.69 Å². The van der Waals surface area contributed by atoms with Crippen LogP contribution in [-0.4, -0.2) is 69.0 Å². The van der Waals surface area contributed by atoms with E-state index in [4.69, 9.17) is 0 Å². The third-order valence-electron chi connectivity index (χ3n) is 5.88. The average Bonchev–Trinajstić information content (AvgIpc) is 3.18. The second-order valence-corrected chi connectivity index (χ2v) is 8.94. The zero-order valence-corrected chi connectivity index (χ0v) is 17.6. The molecular weight excluding hydrogens is 376 g/mol. The van der Waals surface area contributed by atoms with E-state index in [2.05, 4.69) is 83.6 Å². The highest BCUT2D eigenvalue weighted by Gasteiger charge is 2.35. The van der Waals surface area contributed by atoms with Crippen LogP contribution in [-0.2, 0) is 6.54 Å². The summed E-state index contributed by atoms with van der Waals surface area (Å²) >= 11 is 0. The molecule has 156 valence electrons. The van der Waals surface area contributed by atoms with Crippen LogP contribution in [0.4, 0.5) is 11.6 Å². The first-order chi connectivity index (χ1) is 14.6. The summed E-state index contributed by atoms with van der Waals surface area (Å²) in [5.41, 5.74) is 2.20. The van der Waals surface area contributed by atoms with Crippen LogP contribution in [0.5, 0.6) is 0 Å². The molecule has 0 radical (unpaired) electrons. The predicted molar refractivity (Wildman–Crippen MR) is 117 cm³/mol. The van der Waals surface area contributed by atoms with E-state index in [1.807, 2.05) is 0 Å². The van der Waals surface area contributed by atoms with Crippen molar-refractivity contribution >= 4 is 11.6 Å². The van der Waals surface area contributed by atoms with Crippen molar-refractivity contribution in [3.8, 4) is 11.5 Å². The molecule has 4 heterocycles. The van der Waals surface area contributed by atoms with Gasteiger partial charge in [0.05, 0.1) is 12.9 Å². The fourth-order valence-electron chi connectivity index (χ4n) is 4.48. The quantitative estimate of drug-likeness (QED) is 0.661. The zero-order valence-electron chi connectivity index (χ0n) is 17.6. The van der Waals surface area contributed by atoms with Crippen molar-refractivity contribution in [3.05, 3.63) is 48.9 Å². The van der Waals surface area contributed by atoms with Crippen molar-refractivity contribution in [2.45, 2.75) is 20.4 Å². The molecule has 2 aromatic heterocycles. The minimum atomic E-state index is 0.123. The Labute approximate surface area is 177 Å². The molecule has 0 atom stereocenters.